The van der Waals surface area contributed by atoms with Crippen LogP contribution < -0.4 is 5.32 Å². The molecule has 10 heteroatoms. The van der Waals surface area contributed by atoms with E-state index >= 15 is 0 Å². The highest BCUT2D eigenvalue weighted by Crippen LogP contribution is 2.24. The first kappa shape index (κ1) is 21.7. The van der Waals surface area contributed by atoms with Crippen LogP contribution >= 0.6 is 23.2 Å². The van der Waals surface area contributed by atoms with Crippen LogP contribution in [0.3, 0.4) is 0 Å². The number of rotatable bonds is 6. The first-order valence-electron chi connectivity index (χ1n) is 8.64. The van der Waals surface area contributed by atoms with Crippen LogP contribution in [0, 0.1) is 18.6 Å². The molecule has 1 amide bonds. The SMILES string of the molecule is Cc1nn(Cc2ccccc2Cl)c(Cl)c1C(=O)OCC(=O)Nc1cc(F)ccc1F. The third-order valence-corrected chi connectivity index (χ3v) is 4.84. The summed E-state index contributed by atoms with van der Waals surface area (Å²) in [6, 6.07) is 9.70. The van der Waals surface area contributed by atoms with Crippen molar-refractivity contribution in [3.05, 3.63) is 81.1 Å². The van der Waals surface area contributed by atoms with Gasteiger partial charge in [0.1, 0.15) is 22.4 Å². The molecule has 3 aromatic rings. The highest BCUT2D eigenvalue weighted by molar-refractivity contribution is 6.33. The van der Waals surface area contributed by atoms with Crippen LogP contribution in [0.1, 0.15) is 21.6 Å². The lowest BCUT2D eigenvalue weighted by molar-refractivity contribution is -0.119. The molecule has 0 saturated carbocycles. The third-order valence-electron chi connectivity index (χ3n) is 4.08. The zero-order chi connectivity index (χ0) is 21.8. The summed E-state index contributed by atoms with van der Waals surface area (Å²) in [5.41, 5.74) is 0.680. The molecule has 156 valence electrons. The summed E-state index contributed by atoms with van der Waals surface area (Å²) in [5.74, 6) is -3.27. The summed E-state index contributed by atoms with van der Waals surface area (Å²) in [5, 5.41) is 6.89. The molecule has 0 unspecified atom stereocenters. The number of ether oxygens (including phenoxy) is 1. The minimum atomic E-state index is -0.877. The van der Waals surface area contributed by atoms with E-state index in [1.807, 2.05) is 0 Å². The van der Waals surface area contributed by atoms with Gasteiger partial charge in [-0.15, -0.1) is 0 Å². The fourth-order valence-corrected chi connectivity index (χ4v) is 3.17. The van der Waals surface area contributed by atoms with E-state index < -0.39 is 30.1 Å². The second-order valence-electron chi connectivity index (χ2n) is 6.25. The standard InChI is InChI=1S/C20H15Cl2F2N3O3/c1-11-18(19(22)27(26-11)9-12-4-2-3-5-14(12)21)20(29)30-10-17(28)25-16-8-13(23)6-7-15(16)24/h2-8H,9-10H2,1H3,(H,25,28). The molecule has 0 aliphatic carbocycles. The van der Waals surface area contributed by atoms with E-state index in [9.17, 15) is 18.4 Å². The average molecular weight is 454 g/mol. The molecule has 1 aromatic heterocycles. The van der Waals surface area contributed by atoms with Crippen molar-refractivity contribution in [1.82, 2.24) is 9.78 Å². The maximum atomic E-state index is 13.6. The number of esters is 1. The van der Waals surface area contributed by atoms with Gasteiger partial charge in [0.25, 0.3) is 5.91 Å². The molecule has 30 heavy (non-hydrogen) atoms. The number of carbonyl (C=O) groups is 2. The molecule has 0 radical (unpaired) electrons. The molecular formula is C20H15Cl2F2N3O3. The van der Waals surface area contributed by atoms with Gasteiger partial charge in [-0.1, -0.05) is 41.4 Å². The Labute approximate surface area is 180 Å². The smallest absolute Gasteiger partial charge is 0.343 e. The monoisotopic (exact) mass is 453 g/mol. The highest BCUT2D eigenvalue weighted by atomic mass is 35.5. The lowest BCUT2D eigenvalue weighted by Crippen LogP contribution is -2.21. The molecule has 0 aliphatic heterocycles. The molecular weight excluding hydrogens is 439 g/mol. The van der Waals surface area contributed by atoms with Gasteiger partial charge >= 0.3 is 5.97 Å². The quantitative estimate of drug-likeness (QED) is 0.552. The van der Waals surface area contributed by atoms with Gasteiger partial charge in [0.15, 0.2) is 6.61 Å². The molecule has 6 nitrogen and oxygen atoms in total. The fraction of sp³-hybridized carbons (Fsp3) is 0.150. The van der Waals surface area contributed by atoms with Gasteiger partial charge in [-0.25, -0.2) is 18.3 Å². The second-order valence-corrected chi connectivity index (χ2v) is 7.01. The summed E-state index contributed by atoms with van der Waals surface area (Å²) in [4.78, 5) is 24.3. The van der Waals surface area contributed by atoms with E-state index in [0.717, 1.165) is 23.8 Å². The van der Waals surface area contributed by atoms with E-state index in [1.54, 1.807) is 31.2 Å². The van der Waals surface area contributed by atoms with Crippen molar-refractivity contribution in [3.8, 4) is 0 Å². The molecule has 0 spiro atoms. The summed E-state index contributed by atoms with van der Waals surface area (Å²) in [7, 11) is 0. The molecule has 1 N–H and O–H groups in total. The fourth-order valence-electron chi connectivity index (χ4n) is 2.66. The Kier molecular flexibility index (Phi) is 6.69. The third kappa shape index (κ3) is 4.95. The number of hydrogen-bond acceptors (Lipinski definition) is 4. The van der Waals surface area contributed by atoms with Crippen LogP contribution in [-0.4, -0.2) is 28.3 Å². The average Bonchev–Trinajstić information content (AvgIpc) is 2.98. The minimum absolute atomic E-state index is 0.00606. The van der Waals surface area contributed by atoms with Crippen LogP contribution in [0.5, 0.6) is 0 Å². The van der Waals surface area contributed by atoms with Gasteiger partial charge in [-0.2, -0.15) is 5.10 Å². The molecule has 0 aliphatic rings. The molecule has 0 atom stereocenters. The normalized spacial score (nSPS) is 10.7. The number of amides is 1. The van der Waals surface area contributed by atoms with Crippen LogP contribution in [-0.2, 0) is 16.1 Å². The number of aryl methyl sites for hydroxylation is 1. The molecule has 0 bridgehead atoms. The van der Waals surface area contributed by atoms with E-state index in [2.05, 4.69) is 10.4 Å². The zero-order valence-corrected chi connectivity index (χ0v) is 17.1. The van der Waals surface area contributed by atoms with Gasteiger partial charge in [-0.05, 0) is 30.7 Å². The molecule has 1 heterocycles. The summed E-state index contributed by atoms with van der Waals surface area (Å²) in [6.45, 7) is 1.07. The predicted molar refractivity (Wildman–Crippen MR) is 108 cm³/mol. The van der Waals surface area contributed by atoms with E-state index in [0.29, 0.717) is 10.7 Å². The van der Waals surface area contributed by atoms with Crippen molar-refractivity contribution >= 4 is 40.8 Å². The first-order chi connectivity index (χ1) is 14.3. The van der Waals surface area contributed by atoms with Gasteiger partial charge in [0.2, 0.25) is 0 Å². The number of nitrogens with one attached hydrogen (secondary N) is 1. The molecule has 0 fully saturated rings. The number of carbonyl (C=O) groups excluding carboxylic acids is 2. The summed E-state index contributed by atoms with van der Waals surface area (Å²) >= 11 is 12.4. The zero-order valence-electron chi connectivity index (χ0n) is 15.6. The van der Waals surface area contributed by atoms with Crippen molar-refractivity contribution in [3.63, 3.8) is 0 Å². The minimum Gasteiger partial charge on any atom is -0.452 e. The van der Waals surface area contributed by atoms with Crippen LogP contribution in [0.25, 0.3) is 0 Å². The maximum absolute atomic E-state index is 13.6. The van der Waals surface area contributed by atoms with Gasteiger partial charge < -0.3 is 10.1 Å². The maximum Gasteiger partial charge on any atom is 0.343 e. The van der Waals surface area contributed by atoms with Crippen molar-refractivity contribution in [2.75, 3.05) is 11.9 Å². The summed E-state index contributed by atoms with van der Waals surface area (Å²) < 4.78 is 33.1. The lowest BCUT2D eigenvalue weighted by Gasteiger charge is -2.08. The predicted octanol–water partition coefficient (Wildman–Crippen LogP) is 4.62. The number of hydrogen-bond donors (Lipinski definition) is 1. The second kappa shape index (κ2) is 9.23. The van der Waals surface area contributed by atoms with E-state index in [1.165, 1.54) is 4.68 Å². The topological polar surface area (TPSA) is 73.2 Å². The number of nitrogens with zero attached hydrogens (tertiary/aromatic N) is 2. The van der Waals surface area contributed by atoms with E-state index in [4.69, 9.17) is 27.9 Å². The van der Waals surface area contributed by atoms with Crippen molar-refractivity contribution in [2.24, 2.45) is 0 Å². The number of benzene rings is 2. The van der Waals surface area contributed by atoms with Crippen molar-refractivity contribution in [1.29, 1.82) is 0 Å². The van der Waals surface area contributed by atoms with Crippen molar-refractivity contribution < 1.29 is 23.1 Å². The molecule has 0 saturated heterocycles. The van der Waals surface area contributed by atoms with Gasteiger partial charge in [0.05, 0.1) is 17.9 Å². The Bertz CT molecular complexity index is 1120. The molecule has 3 rings (SSSR count). The Morgan fingerprint density at radius 3 is 2.63 bits per heavy atom. The van der Waals surface area contributed by atoms with Crippen molar-refractivity contribution in [2.45, 2.75) is 13.5 Å². The van der Waals surface area contributed by atoms with Gasteiger partial charge in [0, 0.05) is 11.1 Å². The molecule has 2 aromatic carbocycles. The first-order valence-corrected chi connectivity index (χ1v) is 9.40. The van der Waals surface area contributed by atoms with Crippen LogP contribution in [0.15, 0.2) is 42.5 Å². The Hall–Kier alpha value is -2.97. The summed E-state index contributed by atoms with van der Waals surface area (Å²) in [6.07, 6.45) is 0. The van der Waals surface area contributed by atoms with Gasteiger partial charge in [-0.3, -0.25) is 4.79 Å². The van der Waals surface area contributed by atoms with Crippen LogP contribution in [0.4, 0.5) is 14.5 Å². The highest BCUT2D eigenvalue weighted by Gasteiger charge is 2.23. The van der Waals surface area contributed by atoms with E-state index in [-0.39, 0.29) is 22.9 Å². The number of aromatic nitrogens is 2. The Morgan fingerprint density at radius 1 is 1.17 bits per heavy atom. The number of halogens is 4. The number of anilines is 1. The van der Waals surface area contributed by atoms with Crippen LogP contribution in [0.2, 0.25) is 10.2 Å². The Morgan fingerprint density at radius 2 is 1.90 bits per heavy atom. The largest absolute Gasteiger partial charge is 0.452 e. The Balaban J connectivity index is 1.67. The lowest BCUT2D eigenvalue weighted by atomic mass is 10.2.